The highest BCUT2D eigenvalue weighted by molar-refractivity contribution is 4.39. The zero-order valence-corrected chi connectivity index (χ0v) is 7.71. The Hall–Kier alpha value is -1.64. The van der Waals surface area contributed by atoms with Gasteiger partial charge in [-0.1, -0.05) is 0 Å². The van der Waals surface area contributed by atoms with Crippen LogP contribution in [0.25, 0.3) is 0 Å². The van der Waals surface area contributed by atoms with E-state index in [1.54, 1.807) is 0 Å². The number of hydrogen-bond donors (Lipinski definition) is 2. The third-order valence-corrected chi connectivity index (χ3v) is 1.02. The average molecular weight is 211 g/mol. The molecule has 0 saturated heterocycles. The first-order valence-electron chi connectivity index (χ1n) is 3.76. The lowest BCUT2D eigenvalue weighted by Crippen LogP contribution is -2.09. The Morgan fingerprint density at radius 3 is 2.21 bits per heavy atom. The van der Waals surface area contributed by atoms with E-state index in [9.17, 15) is 10.1 Å². The number of hydrogen-bond acceptors (Lipinski definition) is 6. The summed E-state index contributed by atoms with van der Waals surface area (Å²) in [7, 11) is 1.84. The lowest BCUT2D eigenvalue weighted by molar-refractivity contribution is -0.757. The van der Waals surface area contributed by atoms with Crippen molar-refractivity contribution in [2.75, 3.05) is 20.2 Å². The molecule has 0 aliphatic heterocycles. The van der Waals surface area contributed by atoms with E-state index in [0.29, 0.717) is 0 Å². The molecule has 0 amide bonds. The van der Waals surface area contributed by atoms with Crippen molar-refractivity contribution >= 4 is 0 Å². The molecule has 0 aromatic carbocycles. The Kier molecular flexibility index (Phi) is 12.1. The van der Waals surface area contributed by atoms with E-state index >= 15 is 0 Å². The minimum atomic E-state index is -1.50. The van der Waals surface area contributed by atoms with Crippen LogP contribution in [0.2, 0.25) is 0 Å². The number of rotatable bonds is 6. The Morgan fingerprint density at radius 1 is 1.36 bits per heavy atom. The first-order valence-corrected chi connectivity index (χ1v) is 3.76. The maximum absolute atomic E-state index is 9.60. The van der Waals surface area contributed by atoms with Crippen molar-refractivity contribution in [1.82, 2.24) is 5.32 Å². The molecule has 0 bridgehead atoms. The van der Waals surface area contributed by atoms with Gasteiger partial charge in [-0.15, -0.1) is 20.2 Å². The van der Waals surface area contributed by atoms with Gasteiger partial charge in [-0.05, 0) is 26.4 Å². The quantitative estimate of drug-likeness (QED) is 0.355. The zero-order valence-electron chi connectivity index (χ0n) is 7.71. The number of nitrogens with one attached hydrogen (secondary N) is 1. The lowest BCUT2D eigenvalue weighted by Gasteiger charge is -1.97. The van der Waals surface area contributed by atoms with Crippen LogP contribution in [0.15, 0.2) is 0 Å². The molecule has 84 valence electrons. The van der Waals surface area contributed by atoms with Crippen LogP contribution < -0.4 is 5.32 Å². The molecule has 0 spiro atoms. The van der Waals surface area contributed by atoms with E-state index in [4.69, 9.17) is 15.3 Å². The number of unbranched alkanes of at least 4 members (excludes halogenated alkanes) is 1. The van der Waals surface area contributed by atoms with Crippen molar-refractivity contribution in [3.63, 3.8) is 0 Å². The highest BCUT2D eigenvalue weighted by atomic mass is 16.9. The van der Waals surface area contributed by atoms with Gasteiger partial charge in [0.1, 0.15) is 0 Å². The molecule has 2 N–H and O–H groups in total. The van der Waals surface area contributed by atoms with Crippen molar-refractivity contribution in [2.24, 2.45) is 0 Å². The van der Waals surface area contributed by atoms with Crippen LogP contribution in [0.1, 0.15) is 12.8 Å². The molecule has 0 fully saturated rings. The molecule has 9 nitrogen and oxygen atoms in total. The second-order valence-electron chi connectivity index (χ2n) is 2.11. The van der Waals surface area contributed by atoms with Gasteiger partial charge in [0.15, 0.2) is 0 Å². The van der Waals surface area contributed by atoms with Crippen LogP contribution in [0.3, 0.4) is 0 Å². The summed E-state index contributed by atoms with van der Waals surface area (Å²) >= 11 is 0. The van der Waals surface area contributed by atoms with Crippen LogP contribution in [-0.4, -0.2) is 35.6 Å². The van der Waals surface area contributed by atoms with E-state index in [2.05, 4.69) is 10.2 Å². The predicted molar refractivity (Wildman–Crippen MR) is 44.9 cm³/mol. The largest absolute Gasteiger partial charge is 0.328 e. The summed E-state index contributed by atoms with van der Waals surface area (Å²) in [5.74, 6) is 0. The summed E-state index contributed by atoms with van der Waals surface area (Å²) in [6.07, 6.45) is 1.63. The van der Waals surface area contributed by atoms with E-state index in [-0.39, 0.29) is 6.61 Å². The first kappa shape index (κ1) is 14.9. The predicted octanol–water partition coefficient (Wildman–Crippen LogP) is -0.153. The van der Waals surface area contributed by atoms with Gasteiger partial charge in [0.25, 0.3) is 10.2 Å². The van der Waals surface area contributed by atoms with Crippen LogP contribution in [0.4, 0.5) is 0 Å². The minimum absolute atomic E-state index is 0.203. The van der Waals surface area contributed by atoms with Gasteiger partial charge in [0.2, 0.25) is 0 Å². The van der Waals surface area contributed by atoms with E-state index in [0.717, 1.165) is 19.4 Å². The van der Waals surface area contributed by atoms with Crippen molar-refractivity contribution in [3.05, 3.63) is 20.2 Å². The van der Waals surface area contributed by atoms with Gasteiger partial charge >= 0.3 is 0 Å². The summed E-state index contributed by atoms with van der Waals surface area (Å²) in [6.45, 7) is 1.08. The Bertz CT molecular complexity index is 160. The summed E-state index contributed by atoms with van der Waals surface area (Å²) < 4.78 is 0. The third-order valence-electron chi connectivity index (χ3n) is 1.02. The van der Waals surface area contributed by atoms with E-state index in [1.807, 2.05) is 7.05 Å². The maximum Gasteiger partial charge on any atom is 0.294 e. The molecule has 0 aliphatic carbocycles. The molecule has 0 aliphatic rings. The third kappa shape index (κ3) is 31.6. The van der Waals surface area contributed by atoms with E-state index < -0.39 is 10.2 Å². The van der Waals surface area contributed by atoms with Crippen LogP contribution in [0.5, 0.6) is 0 Å². The van der Waals surface area contributed by atoms with Crippen LogP contribution in [0, 0.1) is 20.2 Å². The molecule has 9 heteroatoms. The normalized spacial score (nSPS) is 8.36. The highest BCUT2D eigenvalue weighted by Crippen LogP contribution is 1.87. The topological polar surface area (TPSA) is 128 Å². The van der Waals surface area contributed by atoms with Crippen molar-refractivity contribution in [1.29, 1.82) is 0 Å². The second-order valence-corrected chi connectivity index (χ2v) is 2.11. The van der Waals surface area contributed by atoms with Crippen molar-refractivity contribution in [3.8, 4) is 0 Å². The Labute approximate surface area is 79.9 Å². The van der Waals surface area contributed by atoms with Crippen molar-refractivity contribution in [2.45, 2.75) is 12.8 Å². The fourth-order valence-electron chi connectivity index (χ4n) is 0.543. The molecule has 0 radical (unpaired) electrons. The SMILES string of the molecule is CNCCCCO[N+](=O)[O-].O=[N+]([O-])O. The maximum atomic E-state index is 9.60. The molecule has 0 heterocycles. The van der Waals surface area contributed by atoms with Gasteiger partial charge < -0.3 is 15.4 Å². The Balaban J connectivity index is 0. The van der Waals surface area contributed by atoms with Crippen LogP contribution in [-0.2, 0) is 4.84 Å². The summed E-state index contributed by atoms with van der Waals surface area (Å²) in [5, 5.41) is 25.4. The van der Waals surface area contributed by atoms with Gasteiger partial charge in [-0.25, -0.2) is 0 Å². The molecule has 0 saturated carbocycles. The monoisotopic (exact) mass is 211 g/mol. The highest BCUT2D eigenvalue weighted by Gasteiger charge is 1.92. The average Bonchev–Trinajstić information content (AvgIpc) is 2.02. The summed E-state index contributed by atoms with van der Waals surface area (Å²) in [6, 6.07) is 0. The van der Waals surface area contributed by atoms with Gasteiger partial charge in [-0.3, -0.25) is 0 Å². The van der Waals surface area contributed by atoms with E-state index in [1.165, 1.54) is 0 Å². The standard InChI is InChI=1S/C5H12N2O3.HNO3/c1-6-4-2-3-5-10-7(8)9;2-1(3)4/h6H,2-5H2,1H3;(H,2,3,4). The fourth-order valence-corrected chi connectivity index (χ4v) is 0.543. The fraction of sp³-hybridized carbons (Fsp3) is 1.00. The summed E-state index contributed by atoms with van der Waals surface area (Å²) in [5.41, 5.74) is 0. The van der Waals surface area contributed by atoms with Gasteiger partial charge in [0.05, 0.1) is 6.61 Å². The minimum Gasteiger partial charge on any atom is -0.328 e. The van der Waals surface area contributed by atoms with Gasteiger partial charge in [-0.2, -0.15) is 0 Å². The molecule has 0 aromatic rings. The molecular weight excluding hydrogens is 198 g/mol. The Morgan fingerprint density at radius 2 is 1.86 bits per heavy atom. The van der Waals surface area contributed by atoms with Crippen LogP contribution >= 0.6 is 0 Å². The van der Waals surface area contributed by atoms with Crippen molar-refractivity contribution < 1.29 is 20.2 Å². The molecular formula is C5H13N3O6. The smallest absolute Gasteiger partial charge is 0.294 e. The summed E-state index contributed by atoms with van der Waals surface area (Å²) in [4.78, 5) is 22.0. The first-order chi connectivity index (χ1) is 6.50. The number of nitrogens with zero attached hydrogens (tertiary/aromatic N) is 2. The lowest BCUT2D eigenvalue weighted by atomic mass is 10.3. The molecule has 0 unspecified atom stereocenters. The second kappa shape index (κ2) is 11.4. The van der Waals surface area contributed by atoms with Gasteiger partial charge in [0, 0.05) is 0 Å². The molecule has 0 rings (SSSR count). The molecule has 14 heavy (non-hydrogen) atoms. The molecule has 0 atom stereocenters. The molecule has 0 aromatic heterocycles. The zero-order chi connectivity index (χ0) is 11.4.